The fraction of sp³-hybridized carbons (Fsp3) is 0.429. The van der Waals surface area contributed by atoms with Crippen LogP contribution in [0.5, 0.6) is 0 Å². The summed E-state index contributed by atoms with van der Waals surface area (Å²) in [6, 6.07) is 17.1. The number of carbonyl (C=O) groups is 4. The van der Waals surface area contributed by atoms with Crippen LogP contribution in [0.1, 0.15) is 56.1 Å². The minimum atomic E-state index is -0.980. The molecule has 7 heteroatoms. The van der Waals surface area contributed by atoms with Gasteiger partial charge in [0.05, 0.1) is 0 Å². The number of nitrogens with one attached hydrogen (secondary N) is 2. The van der Waals surface area contributed by atoms with Gasteiger partial charge in [0.2, 0.25) is 17.6 Å². The molecule has 1 heterocycles. The first-order valence-corrected chi connectivity index (χ1v) is 12.5. The summed E-state index contributed by atoms with van der Waals surface area (Å²) < 4.78 is 0. The third kappa shape index (κ3) is 6.56. The van der Waals surface area contributed by atoms with Crippen molar-refractivity contribution < 1.29 is 19.2 Å². The number of rotatable bonds is 9. The molecule has 35 heavy (non-hydrogen) atoms. The van der Waals surface area contributed by atoms with Gasteiger partial charge in [-0.05, 0) is 30.4 Å². The van der Waals surface area contributed by atoms with E-state index in [0.717, 1.165) is 43.2 Å². The maximum atomic E-state index is 13.7. The van der Waals surface area contributed by atoms with Gasteiger partial charge in [-0.25, -0.2) is 0 Å². The number of hydrogen-bond donors (Lipinski definition) is 2. The van der Waals surface area contributed by atoms with Crippen molar-refractivity contribution in [3.63, 3.8) is 0 Å². The summed E-state index contributed by atoms with van der Waals surface area (Å²) >= 11 is 0. The lowest BCUT2D eigenvalue weighted by molar-refractivity contribution is -0.147. The molecule has 2 aromatic carbocycles. The van der Waals surface area contributed by atoms with E-state index >= 15 is 0 Å². The van der Waals surface area contributed by atoms with E-state index in [4.69, 9.17) is 0 Å². The lowest BCUT2D eigenvalue weighted by atomic mass is 9.94. The van der Waals surface area contributed by atoms with Gasteiger partial charge >= 0.3 is 0 Å². The van der Waals surface area contributed by atoms with Crippen LogP contribution in [0.4, 0.5) is 0 Å². The van der Waals surface area contributed by atoms with Crippen LogP contribution in [-0.4, -0.2) is 46.5 Å². The summed E-state index contributed by atoms with van der Waals surface area (Å²) in [5.41, 5.74) is 1.71. The zero-order chi connectivity index (χ0) is 24.6. The molecule has 0 spiro atoms. The zero-order valence-corrected chi connectivity index (χ0v) is 19.9. The van der Waals surface area contributed by atoms with E-state index in [9.17, 15) is 19.2 Å². The normalized spacial score (nSPS) is 19.0. The van der Waals surface area contributed by atoms with E-state index in [-0.39, 0.29) is 37.2 Å². The molecule has 2 atom stereocenters. The highest BCUT2D eigenvalue weighted by Crippen LogP contribution is 2.21. The second-order valence-corrected chi connectivity index (χ2v) is 9.49. The van der Waals surface area contributed by atoms with Crippen LogP contribution < -0.4 is 10.6 Å². The Labute approximate surface area is 206 Å². The van der Waals surface area contributed by atoms with Crippen LogP contribution in [0.2, 0.25) is 0 Å². The number of Topliss-reactive ketones (excluding diaryl/α,β-unsaturated/α-hetero) is 1. The molecular weight excluding hydrogens is 442 g/mol. The molecule has 2 aromatic rings. The van der Waals surface area contributed by atoms with Crippen molar-refractivity contribution >= 4 is 23.5 Å². The first-order valence-electron chi connectivity index (χ1n) is 12.5. The molecule has 2 unspecified atom stereocenters. The van der Waals surface area contributed by atoms with Gasteiger partial charge in [0.25, 0.3) is 5.91 Å². The van der Waals surface area contributed by atoms with Crippen LogP contribution >= 0.6 is 0 Å². The van der Waals surface area contributed by atoms with Gasteiger partial charge in [0.15, 0.2) is 0 Å². The average molecular weight is 476 g/mol. The molecule has 7 nitrogen and oxygen atoms in total. The topological polar surface area (TPSA) is 95.6 Å². The maximum absolute atomic E-state index is 13.7. The third-order valence-corrected chi connectivity index (χ3v) is 6.89. The van der Waals surface area contributed by atoms with Gasteiger partial charge in [0, 0.05) is 25.4 Å². The second-order valence-electron chi connectivity index (χ2n) is 9.49. The Morgan fingerprint density at radius 3 is 2.11 bits per heavy atom. The van der Waals surface area contributed by atoms with Gasteiger partial charge in [-0.15, -0.1) is 0 Å². The Bertz CT molecular complexity index is 1030. The molecule has 0 radical (unpaired) electrons. The van der Waals surface area contributed by atoms with Crippen LogP contribution in [0, 0.1) is 0 Å². The van der Waals surface area contributed by atoms with Crippen molar-refractivity contribution in [2.75, 3.05) is 0 Å². The summed E-state index contributed by atoms with van der Waals surface area (Å²) in [5.74, 6) is -1.77. The Kier molecular flexibility index (Phi) is 8.29. The molecule has 3 amide bonds. The maximum Gasteiger partial charge on any atom is 0.289 e. The van der Waals surface area contributed by atoms with Gasteiger partial charge in [-0.1, -0.05) is 79.9 Å². The standard InChI is InChI=1S/C28H33N3O4/c32-25-17-16-23(30-25)28(35)31(19-21-12-6-2-7-13-21)24(18-20-10-4-1-5-11-20)26(33)27(34)29-22-14-8-3-9-15-22/h1-2,4-7,10-13,22-24H,3,8-9,14-19H2,(H,29,34)(H,30,32). The van der Waals surface area contributed by atoms with Gasteiger partial charge in [-0.3, -0.25) is 19.2 Å². The van der Waals surface area contributed by atoms with Gasteiger partial charge in [0.1, 0.15) is 12.1 Å². The second kappa shape index (κ2) is 11.8. The minimum Gasteiger partial charge on any atom is -0.347 e. The van der Waals surface area contributed by atoms with Gasteiger partial charge < -0.3 is 15.5 Å². The molecule has 4 rings (SSSR count). The minimum absolute atomic E-state index is 0.00929. The first-order chi connectivity index (χ1) is 17.0. The Balaban J connectivity index is 1.63. The van der Waals surface area contributed by atoms with Crippen molar-refractivity contribution in [3.05, 3.63) is 71.8 Å². The van der Waals surface area contributed by atoms with Crippen molar-refractivity contribution in [1.29, 1.82) is 0 Å². The predicted octanol–water partition coefficient (Wildman–Crippen LogP) is 2.92. The monoisotopic (exact) mass is 475 g/mol. The highest BCUT2D eigenvalue weighted by atomic mass is 16.2. The van der Waals surface area contributed by atoms with Crippen molar-refractivity contribution in [2.24, 2.45) is 0 Å². The van der Waals surface area contributed by atoms with Crippen LogP contribution in [-0.2, 0) is 32.1 Å². The van der Waals surface area contributed by atoms with Crippen LogP contribution in [0.3, 0.4) is 0 Å². The highest BCUT2D eigenvalue weighted by Gasteiger charge is 2.39. The Morgan fingerprint density at radius 1 is 0.886 bits per heavy atom. The molecule has 2 fully saturated rings. The predicted molar refractivity (Wildman–Crippen MR) is 132 cm³/mol. The van der Waals surface area contributed by atoms with E-state index in [0.29, 0.717) is 6.42 Å². The summed E-state index contributed by atoms with van der Waals surface area (Å²) in [5, 5.41) is 5.65. The van der Waals surface area contributed by atoms with E-state index < -0.39 is 23.8 Å². The number of benzene rings is 2. The summed E-state index contributed by atoms with van der Waals surface area (Å²) in [4.78, 5) is 53.8. The van der Waals surface area contributed by atoms with Crippen molar-refractivity contribution in [2.45, 2.75) is 76.0 Å². The molecule has 1 saturated carbocycles. The number of nitrogens with zero attached hydrogens (tertiary/aromatic N) is 1. The molecule has 2 aliphatic rings. The summed E-state index contributed by atoms with van der Waals surface area (Å²) in [7, 11) is 0. The number of ketones is 1. The summed E-state index contributed by atoms with van der Waals surface area (Å²) in [6.45, 7) is 0.173. The lowest BCUT2D eigenvalue weighted by Crippen LogP contribution is -2.55. The van der Waals surface area contributed by atoms with Crippen LogP contribution in [0.15, 0.2) is 60.7 Å². The molecule has 1 aliphatic heterocycles. The first kappa shape index (κ1) is 24.6. The molecule has 2 N–H and O–H groups in total. The van der Waals surface area contributed by atoms with Crippen molar-refractivity contribution in [1.82, 2.24) is 15.5 Å². The van der Waals surface area contributed by atoms with Crippen molar-refractivity contribution in [3.8, 4) is 0 Å². The third-order valence-electron chi connectivity index (χ3n) is 6.89. The number of hydrogen-bond acceptors (Lipinski definition) is 4. The van der Waals surface area contributed by atoms with Crippen LogP contribution in [0.25, 0.3) is 0 Å². The molecule has 1 aliphatic carbocycles. The number of amides is 3. The fourth-order valence-electron chi connectivity index (χ4n) is 4.96. The highest BCUT2D eigenvalue weighted by molar-refractivity contribution is 6.38. The SMILES string of the molecule is O=C1CCC(C(=O)N(Cc2ccccc2)C(Cc2ccccc2)C(=O)C(=O)NC2CCCCC2)N1. The number of carbonyl (C=O) groups excluding carboxylic acids is 4. The largest absolute Gasteiger partial charge is 0.347 e. The Morgan fingerprint density at radius 2 is 1.51 bits per heavy atom. The molecule has 0 aromatic heterocycles. The molecule has 184 valence electrons. The molecule has 0 bridgehead atoms. The average Bonchev–Trinajstić information content (AvgIpc) is 3.33. The van der Waals surface area contributed by atoms with E-state index in [1.807, 2.05) is 60.7 Å². The summed E-state index contributed by atoms with van der Waals surface area (Å²) in [6.07, 6.45) is 5.81. The Hall–Kier alpha value is -3.48. The lowest BCUT2D eigenvalue weighted by Gasteiger charge is -2.33. The quantitative estimate of drug-likeness (QED) is 0.545. The molecular formula is C28H33N3O4. The molecule has 1 saturated heterocycles. The van der Waals surface area contributed by atoms with E-state index in [2.05, 4.69) is 10.6 Å². The van der Waals surface area contributed by atoms with Gasteiger partial charge in [-0.2, -0.15) is 0 Å². The van der Waals surface area contributed by atoms with E-state index in [1.54, 1.807) is 0 Å². The van der Waals surface area contributed by atoms with E-state index in [1.165, 1.54) is 4.90 Å². The fourth-order valence-corrected chi connectivity index (χ4v) is 4.96. The smallest absolute Gasteiger partial charge is 0.289 e. The zero-order valence-electron chi connectivity index (χ0n) is 19.9.